The van der Waals surface area contributed by atoms with E-state index in [2.05, 4.69) is 24.8 Å². The molecule has 7 rings (SSSR count). The highest BCUT2D eigenvalue weighted by molar-refractivity contribution is 6.06. The number of carbonyl (C=O) groups is 1. The molecule has 0 saturated carbocycles. The van der Waals surface area contributed by atoms with E-state index in [9.17, 15) is 23.1 Å². The molecule has 12 nitrogen and oxygen atoms in total. The number of furan rings is 1. The molecule has 6 heterocycles. The molecule has 0 spiro atoms. The van der Waals surface area contributed by atoms with Crippen molar-refractivity contribution in [1.82, 2.24) is 19.9 Å². The second-order valence-electron chi connectivity index (χ2n) is 11.4. The average molecular weight is 651 g/mol. The predicted molar refractivity (Wildman–Crippen MR) is 164 cm³/mol. The lowest BCUT2D eigenvalue weighted by Gasteiger charge is -2.36. The third-order valence-electron chi connectivity index (χ3n) is 8.34. The van der Waals surface area contributed by atoms with Crippen LogP contribution in [-0.4, -0.2) is 82.6 Å². The zero-order chi connectivity index (χ0) is 32.9. The number of halogens is 3. The zero-order valence-electron chi connectivity index (χ0n) is 25.3. The van der Waals surface area contributed by atoms with E-state index >= 15 is 0 Å². The first kappa shape index (κ1) is 30.5. The summed E-state index contributed by atoms with van der Waals surface area (Å²) >= 11 is 0. The summed E-state index contributed by atoms with van der Waals surface area (Å²) in [5, 5.41) is 10.6. The van der Waals surface area contributed by atoms with Crippen molar-refractivity contribution in [3.05, 3.63) is 60.7 Å². The summed E-state index contributed by atoms with van der Waals surface area (Å²) in [6, 6.07) is 10.8. The fourth-order valence-electron chi connectivity index (χ4n) is 6.09. The Balaban J connectivity index is 1.27. The number of carboxylic acids is 1. The maximum atomic E-state index is 14.0. The second kappa shape index (κ2) is 11.9. The van der Waals surface area contributed by atoms with Gasteiger partial charge in [-0.25, -0.2) is 24.7 Å². The number of fused-ring (bicyclic) bond motifs is 3. The standard InChI is InChI=1S/C32H29F3N6O6/c1-17-16-45-10-9-40(17)22-11-19(18-7-8-36-25(12-18)44-2)14-37-29(22)46-20-13-23(30(42)43)41(15-20)28-27-26(38-31(39-28)32(33,34)35)21-5-3-4-6-24(21)47-27/h3-8,11-12,14,17,20,23H,9-10,13,15-16H2,1-2H3,(H,42,43)/t17-,20-,23-/m0/s1. The van der Waals surface area contributed by atoms with Crippen LogP contribution in [0.2, 0.25) is 0 Å². The Labute approximate surface area is 265 Å². The summed E-state index contributed by atoms with van der Waals surface area (Å²) in [4.78, 5) is 32.3. The van der Waals surface area contributed by atoms with Gasteiger partial charge in [-0.05, 0) is 36.8 Å². The van der Waals surface area contributed by atoms with Crippen LogP contribution in [0.5, 0.6) is 11.8 Å². The summed E-state index contributed by atoms with van der Waals surface area (Å²) in [6.07, 6.45) is -2.44. The minimum Gasteiger partial charge on any atom is -0.481 e. The summed E-state index contributed by atoms with van der Waals surface area (Å²) in [5.41, 5.74) is 2.47. The first-order valence-corrected chi connectivity index (χ1v) is 14.9. The van der Waals surface area contributed by atoms with Gasteiger partial charge in [0.15, 0.2) is 11.4 Å². The zero-order valence-corrected chi connectivity index (χ0v) is 25.3. The molecule has 2 aliphatic rings. The van der Waals surface area contributed by atoms with Gasteiger partial charge in [0.05, 0.1) is 26.9 Å². The third-order valence-corrected chi connectivity index (χ3v) is 8.34. The van der Waals surface area contributed by atoms with Gasteiger partial charge in [0.2, 0.25) is 17.6 Å². The number of nitrogens with zero attached hydrogens (tertiary/aromatic N) is 6. The minimum atomic E-state index is -4.89. The van der Waals surface area contributed by atoms with Crippen LogP contribution in [0.4, 0.5) is 24.7 Å². The molecular weight excluding hydrogens is 621 g/mol. The van der Waals surface area contributed by atoms with Crippen molar-refractivity contribution >= 4 is 39.5 Å². The van der Waals surface area contributed by atoms with Crippen molar-refractivity contribution in [2.24, 2.45) is 0 Å². The number of para-hydroxylation sites is 1. The molecule has 2 fully saturated rings. The lowest BCUT2D eigenvalue weighted by atomic mass is 10.1. The molecule has 1 aromatic carbocycles. The highest BCUT2D eigenvalue weighted by Gasteiger charge is 2.43. The molecule has 15 heteroatoms. The first-order chi connectivity index (χ1) is 22.6. The lowest BCUT2D eigenvalue weighted by Crippen LogP contribution is -2.44. The van der Waals surface area contributed by atoms with Crippen molar-refractivity contribution in [2.45, 2.75) is 37.7 Å². The molecule has 0 amide bonds. The van der Waals surface area contributed by atoms with Gasteiger partial charge in [-0.2, -0.15) is 13.2 Å². The Hall–Kier alpha value is -5.18. The molecule has 0 radical (unpaired) electrons. The molecule has 3 atom stereocenters. The molecule has 244 valence electrons. The number of methoxy groups -OCH3 is 1. The number of carboxylic acid groups (broad SMARTS) is 1. The van der Waals surface area contributed by atoms with Crippen LogP contribution in [0.25, 0.3) is 33.2 Å². The van der Waals surface area contributed by atoms with Gasteiger partial charge in [0, 0.05) is 48.4 Å². The Morgan fingerprint density at radius 2 is 1.91 bits per heavy atom. The number of hydrogen-bond donors (Lipinski definition) is 1. The third kappa shape index (κ3) is 5.71. The lowest BCUT2D eigenvalue weighted by molar-refractivity contribution is -0.144. The molecule has 5 aromatic rings. The number of aromatic nitrogens is 4. The van der Waals surface area contributed by atoms with E-state index in [-0.39, 0.29) is 41.8 Å². The van der Waals surface area contributed by atoms with E-state index in [0.29, 0.717) is 42.3 Å². The van der Waals surface area contributed by atoms with Gasteiger partial charge >= 0.3 is 12.1 Å². The quantitative estimate of drug-likeness (QED) is 0.248. The van der Waals surface area contributed by atoms with E-state index in [4.69, 9.17) is 18.6 Å². The highest BCUT2D eigenvalue weighted by atomic mass is 19.4. The maximum absolute atomic E-state index is 14.0. The molecule has 0 unspecified atom stereocenters. The predicted octanol–water partition coefficient (Wildman–Crippen LogP) is 5.20. The number of morpholine rings is 1. The van der Waals surface area contributed by atoms with Crippen LogP contribution in [0, 0.1) is 0 Å². The topological polar surface area (TPSA) is 136 Å². The number of anilines is 2. The molecule has 4 aromatic heterocycles. The SMILES string of the molecule is COc1cc(-c2cnc(O[C@H]3C[C@@H](C(=O)O)N(c4nc(C(F)(F)F)nc5c4oc4ccccc45)C3)c(N3CCOC[C@@H]3C)c2)ccn1. The number of alkyl halides is 3. The number of benzene rings is 1. The second-order valence-corrected chi connectivity index (χ2v) is 11.4. The molecule has 0 bridgehead atoms. The average Bonchev–Trinajstić information content (AvgIpc) is 3.66. The van der Waals surface area contributed by atoms with Gasteiger partial charge < -0.3 is 33.5 Å². The first-order valence-electron chi connectivity index (χ1n) is 14.9. The normalized spacial score (nSPS) is 20.2. The monoisotopic (exact) mass is 650 g/mol. The number of ether oxygens (including phenoxy) is 3. The van der Waals surface area contributed by atoms with Gasteiger partial charge in [-0.1, -0.05) is 12.1 Å². The Bertz CT molecular complexity index is 1970. The van der Waals surface area contributed by atoms with E-state index < -0.39 is 30.1 Å². The molecule has 0 aliphatic carbocycles. The van der Waals surface area contributed by atoms with Crippen molar-refractivity contribution in [2.75, 3.05) is 43.2 Å². The maximum Gasteiger partial charge on any atom is 0.451 e. The van der Waals surface area contributed by atoms with Crippen LogP contribution >= 0.6 is 0 Å². The number of aliphatic carboxylic acids is 1. The fraction of sp³-hybridized carbons (Fsp3) is 0.344. The van der Waals surface area contributed by atoms with Gasteiger partial charge in [-0.3, -0.25) is 0 Å². The molecule has 47 heavy (non-hydrogen) atoms. The molecule has 1 N–H and O–H groups in total. The van der Waals surface area contributed by atoms with Crippen molar-refractivity contribution in [3.8, 4) is 22.9 Å². The Morgan fingerprint density at radius 3 is 2.68 bits per heavy atom. The molecule has 2 aliphatic heterocycles. The number of pyridine rings is 2. The molecular formula is C32H29F3N6O6. The van der Waals surface area contributed by atoms with E-state index in [1.807, 2.05) is 19.1 Å². The Morgan fingerprint density at radius 1 is 1.09 bits per heavy atom. The van der Waals surface area contributed by atoms with Crippen LogP contribution in [-0.2, 0) is 15.7 Å². The van der Waals surface area contributed by atoms with Gasteiger partial charge in [-0.15, -0.1) is 0 Å². The van der Waals surface area contributed by atoms with E-state index in [0.717, 1.165) is 11.1 Å². The van der Waals surface area contributed by atoms with Crippen molar-refractivity contribution in [1.29, 1.82) is 0 Å². The van der Waals surface area contributed by atoms with Crippen molar-refractivity contribution < 1.29 is 41.7 Å². The van der Waals surface area contributed by atoms with E-state index in [1.165, 1.54) is 12.0 Å². The highest BCUT2D eigenvalue weighted by Crippen LogP contribution is 2.40. The Kier molecular flexibility index (Phi) is 7.70. The fourth-order valence-corrected chi connectivity index (χ4v) is 6.09. The number of rotatable bonds is 7. The minimum absolute atomic E-state index is 0.0230. The van der Waals surface area contributed by atoms with E-state index in [1.54, 1.807) is 42.7 Å². The summed E-state index contributed by atoms with van der Waals surface area (Å²) in [6.45, 7) is 3.43. The van der Waals surface area contributed by atoms with Gasteiger partial charge in [0.1, 0.15) is 28.9 Å². The van der Waals surface area contributed by atoms with Crippen LogP contribution < -0.4 is 19.3 Å². The van der Waals surface area contributed by atoms with Crippen molar-refractivity contribution in [3.63, 3.8) is 0 Å². The molecule has 2 saturated heterocycles. The van der Waals surface area contributed by atoms with Crippen LogP contribution in [0.15, 0.2) is 59.3 Å². The summed E-state index contributed by atoms with van der Waals surface area (Å²) in [7, 11) is 1.53. The van der Waals surface area contributed by atoms with Gasteiger partial charge in [0.25, 0.3) is 0 Å². The van der Waals surface area contributed by atoms with Crippen LogP contribution in [0.1, 0.15) is 19.2 Å². The largest absolute Gasteiger partial charge is 0.481 e. The number of hydrogen-bond acceptors (Lipinski definition) is 11. The smallest absolute Gasteiger partial charge is 0.451 e. The summed E-state index contributed by atoms with van der Waals surface area (Å²) in [5.74, 6) is -2.22. The van der Waals surface area contributed by atoms with Crippen LogP contribution in [0.3, 0.4) is 0 Å². The summed E-state index contributed by atoms with van der Waals surface area (Å²) < 4.78 is 65.3.